The molecule has 2 aromatic carbocycles. The Morgan fingerprint density at radius 2 is 1.46 bits per heavy atom. The summed E-state index contributed by atoms with van der Waals surface area (Å²) in [6.07, 6.45) is 19.0. The van der Waals surface area contributed by atoms with Crippen molar-refractivity contribution in [1.82, 2.24) is 64.3 Å². The third-order valence-electron chi connectivity index (χ3n) is 27.6. The molecule has 7 aromatic rings. The number of esters is 2. The fourth-order valence-electron chi connectivity index (χ4n) is 19.5. The van der Waals surface area contributed by atoms with Gasteiger partial charge < -0.3 is 83.8 Å². The molecule has 3 amide bonds. The van der Waals surface area contributed by atoms with E-state index in [9.17, 15) is 48.6 Å². The number of oxazole rings is 1. The van der Waals surface area contributed by atoms with Gasteiger partial charge in [0.05, 0.1) is 61.5 Å². The molecule has 2 bridgehead atoms. The number of ketones is 3. The smallest absolute Gasteiger partial charge is 0.329 e. The third-order valence-corrected chi connectivity index (χ3v) is 27.6. The monoisotopic (exact) mass is 1830 g/mol. The number of nitrogens with zero attached hydrogens (tertiary/aromatic N) is 15. The van der Waals surface area contributed by atoms with Crippen molar-refractivity contribution < 1.29 is 86.1 Å². The molecule has 1 saturated carbocycles. The topological polar surface area (TPSA) is 434 Å². The Balaban J connectivity index is 0.539. The fourth-order valence-corrected chi connectivity index (χ4v) is 19.5. The van der Waals surface area contributed by atoms with E-state index in [4.69, 9.17) is 54.1 Å². The number of hydrogen-bond acceptors (Lipinski definition) is 31. The molecular formula is C98H129N17O18. The molecule has 15 atom stereocenters. The normalized spacial score (nSPS) is 27.8. The number of nitrogen functional groups attached to an aromatic ring is 2. The van der Waals surface area contributed by atoms with Crippen molar-refractivity contribution in [2.75, 3.05) is 128 Å². The van der Waals surface area contributed by atoms with E-state index < -0.39 is 102 Å². The maximum absolute atomic E-state index is 14.9. The van der Waals surface area contributed by atoms with Gasteiger partial charge in [-0.2, -0.15) is 10.1 Å². The molecule has 6 N–H and O–H groups in total. The zero-order chi connectivity index (χ0) is 94.3. The summed E-state index contributed by atoms with van der Waals surface area (Å²) >= 11 is 0. The lowest BCUT2D eigenvalue weighted by Crippen LogP contribution is -2.61. The minimum Gasteiger partial charge on any atom is -0.460 e. The van der Waals surface area contributed by atoms with Crippen molar-refractivity contribution in [3.8, 4) is 11.3 Å². The van der Waals surface area contributed by atoms with E-state index in [-0.39, 0.29) is 92.9 Å². The lowest BCUT2D eigenvalue weighted by atomic mass is 9.78. The first-order valence-electron chi connectivity index (χ1n) is 47.0. The number of Topliss-reactive ketones (excluding diaryl/α,β-unsaturated/α-hetero) is 3. The van der Waals surface area contributed by atoms with Crippen LogP contribution in [0.1, 0.15) is 171 Å². The minimum absolute atomic E-state index is 0.00273. The molecule has 0 unspecified atom stereocenters. The molecule has 11 heterocycles. The van der Waals surface area contributed by atoms with Crippen LogP contribution in [-0.2, 0) is 92.7 Å². The van der Waals surface area contributed by atoms with Crippen molar-refractivity contribution in [2.24, 2.45) is 35.5 Å². The first-order chi connectivity index (χ1) is 64.0. The van der Waals surface area contributed by atoms with Gasteiger partial charge in [-0.15, -0.1) is 0 Å². The van der Waals surface area contributed by atoms with Gasteiger partial charge >= 0.3 is 11.9 Å². The number of allylic oxidation sites excluding steroid dienone is 6. The number of hydrogen-bond donors (Lipinski definition) is 4. The van der Waals surface area contributed by atoms with Gasteiger partial charge in [-0.1, -0.05) is 89.3 Å². The number of fused-ring (bicyclic) bond motifs is 6. The van der Waals surface area contributed by atoms with E-state index in [0.717, 1.165) is 40.9 Å². The largest absolute Gasteiger partial charge is 0.460 e. The summed E-state index contributed by atoms with van der Waals surface area (Å²) in [5.41, 5.74) is 20.9. The summed E-state index contributed by atoms with van der Waals surface area (Å²) in [5.74, 6) is -8.32. The molecule has 1 aliphatic carbocycles. The second-order valence-electron chi connectivity index (χ2n) is 37.1. The summed E-state index contributed by atoms with van der Waals surface area (Å²) in [6, 6.07) is 10.7. The Morgan fingerprint density at radius 3 is 2.20 bits per heavy atom. The highest BCUT2D eigenvalue weighted by Gasteiger charge is 2.54. The minimum atomic E-state index is -2.49. The van der Waals surface area contributed by atoms with Crippen LogP contribution >= 0.6 is 0 Å². The lowest BCUT2D eigenvalue weighted by molar-refractivity contribution is -0.265. The first kappa shape index (κ1) is 97.8. The Kier molecular flexibility index (Phi) is 32.9. The number of rotatable bonds is 22. The van der Waals surface area contributed by atoms with Crippen LogP contribution in [0.25, 0.3) is 33.4 Å². The fraction of sp³-hybridized carbons (Fsp3) is 0.571. The molecule has 4 saturated heterocycles. The second-order valence-corrected chi connectivity index (χ2v) is 37.1. The Bertz CT molecular complexity index is 5390. The van der Waals surface area contributed by atoms with Crippen LogP contribution in [0.2, 0.25) is 0 Å². The molecule has 6 aliphatic heterocycles. The Hall–Kier alpha value is -11.2. The number of carbonyl (C=O) groups excluding carboxylic acids is 8. The molecule has 35 heteroatoms. The number of aliphatic hydroxyl groups is 2. The van der Waals surface area contributed by atoms with E-state index in [0.29, 0.717) is 199 Å². The van der Waals surface area contributed by atoms with Crippen molar-refractivity contribution in [1.29, 1.82) is 0 Å². The predicted molar refractivity (Wildman–Crippen MR) is 495 cm³/mol. The summed E-state index contributed by atoms with van der Waals surface area (Å²) in [5, 5.41) is 28.5. The summed E-state index contributed by atoms with van der Waals surface area (Å²) < 4.78 is 49.9. The van der Waals surface area contributed by atoms with Crippen LogP contribution < -0.4 is 21.3 Å². The number of piperidine rings is 1. The Labute approximate surface area is 775 Å². The number of benzene rings is 2. The molecule has 5 aromatic heterocycles. The van der Waals surface area contributed by atoms with Crippen molar-refractivity contribution in [2.45, 2.75) is 219 Å². The number of cyclic esters (lactones) is 1. The van der Waals surface area contributed by atoms with E-state index in [1.54, 1.807) is 71.9 Å². The van der Waals surface area contributed by atoms with E-state index in [2.05, 4.69) is 56.8 Å². The van der Waals surface area contributed by atoms with Gasteiger partial charge in [0.25, 0.3) is 23.6 Å². The quantitative estimate of drug-likeness (QED) is 0.0212. The number of aromatic nitrogens is 9. The maximum Gasteiger partial charge on any atom is 0.329 e. The van der Waals surface area contributed by atoms with Crippen LogP contribution in [0.3, 0.4) is 0 Å². The zero-order valence-electron chi connectivity index (χ0n) is 78.1. The van der Waals surface area contributed by atoms with Gasteiger partial charge in [-0.05, 0) is 160 Å². The number of amides is 3. The summed E-state index contributed by atoms with van der Waals surface area (Å²) in [6.45, 7) is 20.4. The molecule has 0 radical (unpaired) electrons. The van der Waals surface area contributed by atoms with Crippen LogP contribution in [0.5, 0.6) is 0 Å². The molecule has 0 spiro atoms. The van der Waals surface area contributed by atoms with Crippen molar-refractivity contribution in [3.05, 3.63) is 143 Å². The Morgan fingerprint density at radius 1 is 0.714 bits per heavy atom. The number of methoxy groups -OCH3 is 3. The lowest BCUT2D eigenvalue weighted by Gasteiger charge is -2.42. The van der Waals surface area contributed by atoms with Gasteiger partial charge in [0, 0.05) is 167 Å². The highest BCUT2D eigenvalue weighted by molar-refractivity contribution is 6.39. The number of carbonyl (C=O) groups is 8. The molecule has 5 fully saturated rings. The number of nitrogens with two attached hydrogens (primary N) is 2. The standard InChI is InChI=1S/C98H129N17O18/c1-59-16-12-11-13-17-60(2)79(126-8)50-73-25-19-65(7)98(125,133-73)89(121)93(123)114-31-15-14-18-75(114)94(124)130-80(62(4)46-66-21-26-76(116)81(48-66)127-9)51-77(117)61(3)45-64(6)87(88(128-10)86(120)63(5)44-59)132-83(119)28-22-68-52-101-96(102-53-68)112-39-37-110(38-40-112)82(118)30-42-129-43-41-109-33-35-111(36-34-109)97-103-54-72(55-104-97)92(122)113-32-29-69-47-67(20-23-71(69)57-113)56-115-91-84(90(99)105-58-106-91)85(108-115)70-24-27-78-74(49-70)107-95(100)131-78/h11-13,16-17,20,23-24,27,45,47,49,52-55,58-59,61-63,65-66,73,75-76,79-81,87-88,116,125H,14-15,18-19,21-22,25-26,28-44,46,48,50-51,56-57H2,1-10H3,(H2,100,107)(H2,99,105,106)/b13-11+,16-12+,60-17+,64-45+/t59-,61-,62-,63-,65-,66+,73+,75+,76-,79+,80+,81-,87-,88+,98-/m1/s1. The van der Waals surface area contributed by atoms with Crippen LogP contribution in [0, 0.1) is 35.5 Å². The van der Waals surface area contributed by atoms with Crippen LogP contribution in [0.15, 0.2) is 120 Å². The highest BCUT2D eigenvalue weighted by atomic mass is 16.6. The van der Waals surface area contributed by atoms with E-state index in [1.165, 1.54) is 18.3 Å². The average Bonchev–Trinajstić information content (AvgIpc) is 1.74. The highest BCUT2D eigenvalue weighted by Crippen LogP contribution is 2.40. The third kappa shape index (κ3) is 24.0. The summed E-state index contributed by atoms with van der Waals surface area (Å²) in [4.78, 5) is 158. The van der Waals surface area contributed by atoms with Gasteiger partial charge in [0.15, 0.2) is 29.2 Å². The molecule has 35 nitrogen and oxygen atoms in total. The van der Waals surface area contributed by atoms with E-state index >= 15 is 0 Å². The van der Waals surface area contributed by atoms with Gasteiger partial charge in [0.2, 0.25) is 23.6 Å². The van der Waals surface area contributed by atoms with Gasteiger partial charge in [-0.3, -0.25) is 38.5 Å². The van der Waals surface area contributed by atoms with E-state index in [1.807, 2.05) is 95.7 Å². The molecule has 133 heavy (non-hydrogen) atoms. The number of aliphatic hydroxyl groups excluding tert-OH is 1. The SMILES string of the molecule is CO[C@H]1C[C@@H]2CC[C@@H](C)[C@@](O)(O2)C(=O)C(=O)N2CCCC[C@H]2C(=O)O[C@H]([C@H](C)C[C@@H]2CC[C@@H](O)[C@H](OC)C2)CC(=O)[C@H](C)/C=C(\C)[C@@H](OC(=O)CCc2cnc(N3CCN(C(=O)CCOCCN4CCN(c5ncc(C(=O)N6CCc7cc(Cn8nc(-c9ccc%10oc(N)nc%10c9)c9c(N)ncnc98)ccc7C6)cn5)CC4)CC3)nc2)[C@@H](OC)C(=O)[C@H](C)C[C@H](C)/C=C/C=C/C=C/1C. The van der Waals surface area contributed by atoms with Gasteiger partial charge in [0.1, 0.15) is 41.3 Å². The number of piperazine rings is 2. The van der Waals surface area contributed by atoms with Gasteiger partial charge in [-0.25, -0.2) is 39.4 Å². The molecule has 14 rings (SSSR count). The molecule has 7 aliphatic rings. The van der Waals surface area contributed by atoms with Crippen LogP contribution in [0.4, 0.5) is 23.7 Å². The molecule has 714 valence electrons. The summed E-state index contributed by atoms with van der Waals surface area (Å²) in [7, 11) is 4.51. The number of aryl methyl sites for hydroxylation is 1. The number of ether oxygens (including phenoxy) is 7. The average molecular weight is 1830 g/mol. The first-order valence-corrected chi connectivity index (χ1v) is 47.0. The second kappa shape index (κ2) is 44.8. The van der Waals surface area contributed by atoms with Crippen molar-refractivity contribution in [3.63, 3.8) is 0 Å². The zero-order valence-corrected chi connectivity index (χ0v) is 78.1. The van der Waals surface area contributed by atoms with Crippen molar-refractivity contribution >= 4 is 92.9 Å². The van der Waals surface area contributed by atoms with Crippen LogP contribution in [-0.4, -0.2) is 283 Å². The predicted octanol–water partition coefficient (Wildman–Crippen LogP) is 9.18. The number of anilines is 4. The molecular weight excluding hydrogens is 1700 g/mol. The maximum atomic E-state index is 14.9.